The highest BCUT2D eigenvalue weighted by Crippen LogP contribution is 2.30. The number of nitrogens with zero attached hydrogens (tertiary/aromatic N) is 3. The number of benzene rings is 2. The van der Waals surface area contributed by atoms with Gasteiger partial charge in [-0.05, 0) is 55.0 Å². The van der Waals surface area contributed by atoms with Crippen LogP contribution in [0.25, 0.3) is 10.9 Å². The Morgan fingerprint density at radius 1 is 1.16 bits per heavy atom. The number of carbonyl (C=O) groups excluding carboxylic acids is 3. The van der Waals surface area contributed by atoms with Crippen LogP contribution >= 0.6 is 11.6 Å². The summed E-state index contributed by atoms with van der Waals surface area (Å²) in [5.74, 6) is -0.896. The smallest absolute Gasteiger partial charge is 0.255 e. The summed E-state index contributed by atoms with van der Waals surface area (Å²) >= 11 is 6.36. The number of ketones is 1. The van der Waals surface area contributed by atoms with Gasteiger partial charge in [-0.15, -0.1) is 0 Å². The Bertz CT molecular complexity index is 1250. The first kappa shape index (κ1) is 21.7. The van der Waals surface area contributed by atoms with Gasteiger partial charge in [-0.2, -0.15) is 5.26 Å². The molecule has 1 aliphatic rings. The molecule has 1 aromatic heterocycles. The summed E-state index contributed by atoms with van der Waals surface area (Å²) in [6, 6.07) is 9.43. The number of amides is 1. The fourth-order valence-electron chi connectivity index (χ4n) is 4.22. The first-order valence-corrected chi connectivity index (χ1v) is 10.6. The van der Waals surface area contributed by atoms with Crippen LogP contribution < -0.4 is 0 Å². The van der Waals surface area contributed by atoms with Gasteiger partial charge in [0.1, 0.15) is 5.82 Å². The SMILES string of the molecule is N#Cn1cc(C(=O)C=O)c2cc(C(=O)N3CCC(Cc4ccc(F)cc4)CC3)c(Cl)cc21. The highest BCUT2D eigenvalue weighted by atomic mass is 35.5. The lowest BCUT2D eigenvalue weighted by Crippen LogP contribution is -2.39. The normalized spacial score (nSPS) is 14.3. The van der Waals surface area contributed by atoms with E-state index in [1.165, 1.54) is 30.5 Å². The lowest BCUT2D eigenvalue weighted by molar-refractivity contribution is -0.104. The molecule has 1 fully saturated rings. The maximum atomic E-state index is 13.2. The van der Waals surface area contributed by atoms with Crippen molar-refractivity contribution in [3.05, 3.63) is 70.1 Å². The maximum Gasteiger partial charge on any atom is 0.255 e. The number of likely N-dealkylation sites (tertiary alicyclic amines) is 1. The van der Waals surface area contributed by atoms with E-state index < -0.39 is 5.78 Å². The molecular formula is C24H19ClFN3O3. The minimum Gasteiger partial charge on any atom is -0.339 e. The highest BCUT2D eigenvalue weighted by molar-refractivity contribution is 6.38. The zero-order valence-electron chi connectivity index (χ0n) is 17.1. The molecule has 8 heteroatoms. The Morgan fingerprint density at radius 2 is 1.84 bits per heavy atom. The van der Waals surface area contributed by atoms with Gasteiger partial charge in [0, 0.05) is 24.7 Å². The van der Waals surface area contributed by atoms with Crippen LogP contribution in [0.5, 0.6) is 0 Å². The molecule has 1 aliphatic heterocycles. The quantitative estimate of drug-likeness (QED) is 0.330. The summed E-state index contributed by atoms with van der Waals surface area (Å²) in [5.41, 5.74) is 1.71. The van der Waals surface area contributed by atoms with Gasteiger partial charge >= 0.3 is 0 Å². The Kier molecular flexibility index (Phi) is 6.06. The average Bonchev–Trinajstić information content (AvgIpc) is 3.17. The molecule has 3 aromatic rings. The molecule has 0 N–H and O–H groups in total. The number of carbonyl (C=O) groups is 3. The highest BCUT2D eigenvalue weighted by Gasteiger charge is 2.26. The van der Waals surface area contributed by atoms with E-state index >= 15 is 0 Å². The standard InChI is InChI=1S/C24H19ClFN3O3/c25-21-11-22-18(20(23(31)13-30)12-29(22)14-27)10-19(21)24(32)28-7-5-16(6-8-28)9-15-1-3-17(26)4-2-15/h1-4,10-13,16H,5-9H2. The largest absolute Gasteiger partial charge is 0.339 e. The van der Waals surface area contributed by atoms with Gasteiger partial charge in [0.15, 0.2) is 12.5 Å². The Hall–Kier alpha value is -3.50. The van der Waals surface area contributed by atoms with E-state index in [1.807, 2.05) is 6.19 Å². The molecule has 0 aliphatic carbocycles. The molecule has 0 unspecified atom stereocenters. The minimum atomic E-state index is -0.772. The van der Waals surface area contributed by atoms with Crippen molar-refractivity contribution in [1.82, 2.24) is 9.47 Å². The lowest BCUT2D eigenvalue weighted by atomic mass is 9.90. The summed E-state index contributed by atoms with van der Waals surface area (Å²) < 4.78 is 14.2. The number of hydrogen-bond donors (Lipinski definition) is 0. The van der Waals surface area contributed by atoms with Crippen molar-refractivity contribution < 1.29 is 18.8 Å². The van der Waals surface area contributed by atoms with Gasteiger partial charge in [0.25, 0.3) is 5.91 Å². The zero-order valence-corrected chi connectivity index (χ0v) is 17.8. The van der Waals surface area contributed by atoms with Gasteiger partial charge in [0.05, 0.1) is 21.7 Å². The summed E-state index contributed by atoms with van der Waals surface area (Å²) in [4.78, 5) is 37.9. The zero-order chi connectivity index (χ0) is 22.8. The number of aromatic nitrogens is 1. The number of Topliss-reactive ketones (excluding diaryl/α,β-unsaturated/α-hetero) is 1. The Labute approximate surface area is 188 Å². The van der Waals surface area contributed by atoms with E-state index in [2.05, 4.69) is 0 Å². The molecule has 1 saturated heterocycles. The second kappa shape index (κ2) is 8.93. The summed E-state index contributed by atoms with van der Waals surface area (Å²) in [6.45, 7) is 1.11. The van der Waals surface area contributed by atoms with E-state index in [-0.39, 0.29) is 34.2 Å². The average molecular weight is 452 g/mol. The molecular weight excluding hydrogens is 433 g/mol. The topological polar surface area (TPSA) is 83.2 Å². The summed E-state index contributed by atoms with van der Waals surface area (Å²) in [7, 11) is 0. The van der Waals surface area contributed by atoms with Crippen LogP contribution in [0.1, 0.15) is 39.1 Å². The second-order valence-electron chi connectivity index (χ2n) is 7.91. The number of aldehydes is 1. The minimum absolute atomic E-state index is 0.0558. The molecule has 0 spiro atoms. The molecule has 0 saturated carbocycles. The van der Waals surface area contributed by atoms with Crippen molar-refractivity contribution >= 4 is 40.5 Å². The van der Waals surface area contributed by atoms with E-state index in [4.69, 9.17) is 11.6 Å². The molecule has 32 heavy (non-hydrogen) atoms. The number of rotatable bonds is 5. The third kappa shape index (κ3) is 4.14. The van der Waals surface area contributed by atoms with Crippen LogP contribution in [0, 0.1) is 23.2 Å². The number of halogens is 2. The lowest BCUT2D eigenvalue weighted by Gasteiger charge is -2.32. The number of nitriles is 1. The first-order valence-electron chi connectivity index (χ1n) is 10.2. The Morgan fingerprint density at radius 3 is 2.47 bits per heavy atom. The predicted molar refractivity (Wildman–Crippen MR) is 117 cm³/mol. The van der Waals surface area contributed by atoms with Crippen LogP contribution in [-0.2, 0) is 11.2 Å². The van der Waals surface area contributed by atoms with Gasteiger partial charge < -0.3 is 4.90 Å². The van der Waals surface area contributed by atoms with Crippen LogP contribution in [0.15, 0.2) is 42.6 Å². The molecule has 2 aromatic carbocycles. The summed E-state index contributed by atoms with van der Waals surface area (Å²) in [5, 5.41) is 9.81. The van der Waals surface area contributed by atoms with Gasteiger partial charge in [-0.1, -0.05) is 23.7 Å². The molecule has 162 valence electrons. The van der Waals surface area contributed by atoms with Crippen molar-refractivity contribution in [3.8, 4) is 6.19 Å². The molecule has 0 atom stereocenters. The van der Waals surface area contributed by atoms with Crippen molar-refractivity contribution in [2.24, 2.45) is 5.92 Å². The Balaban J connectivity index is 1.53. The molecule has 6 nitrogen and oxygen atoms in total. The number of fused-ring (bicyclic) bond motifs is 1. The fraction of sp³-hybridized carbons (Fsp3) is 0.250. The van der Waals surface area contributed by atoms with Crippen molar-refractivity contribution in [3.63, 3.8) is 0 Å². The third-order valence-corrected chi connectivity index (χ3v) is 6.26. The van der Waals surface area contributed by atoms with E-state index in [9.17, 15) is 24.0 Å². The first-order chi connectivity index (χ1) is 15.4. The van der Waals surface area contributed by atoms with E-state index in [0.29, 0.717) is 29.9 Å². The fourth-order valence-corrected chi connectivity index (χ4v) is 4.46. The molecule has 4 rings (SSSR count). The molecule has 0 bridgehead atoms. The van der Waals surface area contributed by atoms with Crippen LogP contribution in [0.4, 0.5) is 4.39 Å². The van der Waals surface area contributed by atoms with Crippen LogP contribution in [0.2, 0.25) is 5.02 Å². The summed E-state index contributed by atoms with van der Waals surface area (Å²) in [6.07, 6.45) is 5.80. The van der Waals surface area contributed by atoms with E-state index in [1.54, 1.807) is 17.0 Å². The van der Waals surface area contributed by atoms with Gasteiger partial charge in [-0.3, -0.25) is 19.0 Å². The van der Waals surface area contributed by atoms with E-state index in [0.717, 1.165) is 29.4 Å². The molecule has 0 radical (unpaired) electrons. The molecule has 1 amide bonds. The van der Waals surface area contributed by atoms with Crippen molar-refractivity contribution in [1.29, 1.82) is 5.26 Å². The van der Waals surface area contributed by atoms with Crippen LogP contribution in [0.3, 0.4) is 0 Å². The molecule has 2 heterocycles. The third-order valence-electron chi connectivity index (χ3n) is 5.94. The monoisotopic (exact) mass is 451 g/mol. The predicted octanol–water partition coefficient (Wildman–Crippen LogP) is 4.24. The second-order valence-corrected chi connectivity index (χ2v) is 8.32. The van der Waals surface area contributed by atoms with Crippen molar-refractivity contribution in [2.45, 2.75) is 19.3 Å². The van der Waals surface area contributed by atoms with Crippen molar-refractivity contribution in [2.75, 3.05) is 13.1 Å². The number of piperidine rings is 1. The maximum absolute atomic E-state index is 13.2. The van der Waals surface area contributed by atoms with Gasteiger partial charge in [0.2, 0.25) is 5.78 Å². The number of hydrogen-bond acceptors (Lipinski definition) is 4. The van der Waals surface area contributed by atoms with Crippen LogP contribution in [-0.4, -0.2) is 40.5 Å². The van der Waals surface area contributed by atoms with Gasteiger partial charge in [-0.25, -0.2) is 4.39 Å².